The molecule has 0 saturated carbocycles. The largest absolute Gasteiger partial charge is 0.345 e. The number of nitrogens with one attached hydrogen (secondary N) is 2. The fraction of sp³-hybridized carbons (Fsp3) is 0.500. The van der Waals surface area contributed by atoms with Crippen LogP contribution in [0.1, 0.15) is 23.7 Å². The van der Waals surface area contributed by atoms with Gasteiger partial charge in [0.2, 0.25) is 5.91 Å². The van der Waals surface area contributed by atoms with Crippen molar-refractivity contribution in [3.05, 3.63) is 24.0 Å². The Bertz CT molecular complexity index is 516. The molecular formula is C14H20N4O2. The number of carbonyl (C=O) groups is 2. The van der Waals surface area contributed by atoms with Crippen LogP contribution in [-0.4, -0.2) is 48.4 Å². The van der Waals surface area contributed by atoms with E-state index in [0.717, 1.165) is 13.0 Å². The van der Waals surface area contributed by atoms with Gasteiger partial charge >= 0.3 is 0 Å². The Hall–Kier alpha value is -1.95. The summed E-state index contributed by atoms with van der Waals surface area (Å²) < 4.78 is 0. The summed E-state index contributed by atoms with van der Waals surface area (Å²) in [6.07, 6.45) is 3.87. The molecule has 1 aliphatic heterocycles. The van der Waals surface area contributed by atoms with E-state index in [4.69, 9.17) is 0 Å². The Kier molecular flexibility index (Phi) is 4.34. The number of amides is 2. The van der Waals surface area contributed by atoms with Gasteiger partial charge in [-0.05, 0) is 24.9 Å². The van der Waals surface area contributed by atoms with Gasteiger partial charge in [0, 0.05) is 20.3 Å². The SMILES string of the molecule is CC1CNC(C(=O)Nc2cncc(C(=O)N(C)C)c2)C1. The average molecular weight is 276 g/mol. The van der Waals surface area contributed by atoms with Crippen LogP contribution >= 0.6 is 0 Å². The third kappa shape index (κ3) is 3.33. The van der Waals surface area contributed by atoms with Crippen LogP contribution in [-0.2, 0) is 4.79 Å². The molecule has 108 valence electrons. The lowest BCUT2D eigenvalue weighted by atomic mass is 10.1. The van der Waals surface area contributed by atoms with E-state index in [1.807, 2.05) is 0 Å². The molecule has 2 N–H and O–H groups in total. The smallest absolute Gasteiger partial charge is 0.254 e. The Morgan fingerprint density at radius 2 is 2.15 bits per heavy atom. The molecule has 20 heavy (non-hydrogen) atoms. The Morgan fingerprint density at radius 3 is 2.75 bits per heavy atom. The molecule has 2 unspecified atom stereocenters. The summed E-state index contributed by atoms with van der Waals surface area (Å²) in [6, 6.07) is 1.48. The molecule has 2 heterocycles. The van der Waals surface area contributed by atoms with Crippen LogP contribution in [0.25, 0.3) is 0 Å². The normalized spacial score (nSPS) is 21.6. The highest BCUT2D eigenvalue weighted by molar-refractivity contribution is 5.98. The lowest BCUT2D eigenvalue weighted by Crippen LogP contribution is -2.35. The van der Waals surface area contributed by atoms with Gasteiger partial charge in [-0.1, -0.05) is 6.92 Å². The number of nitrogens with zero attached hydrogens (tertiary/aromatic N) is 2. The summed E-state index contributed by atoms with van der Waals surface area (Å²) >= 11 is 0. The van der Waals surface area contributed by atoms with Crippen molar-refractivity contribution >= 4 is 17.5 Å². The van der Waals surface area contributed by atoms with Gasteiger partial charge in [0.1, 0.15) is 0 Å². The average Bonchev–Trinajstić information content (AvgIpc) is 2.85. The quantitative estimate of drug-likeness (QED) is 0.853. The number of anilines is 1. The van der Waals surface area contributed by atoms with E-state index in [9.17, 15) is 9.59 Å². The van der Waals surface area contributed by atoms with Gasteiger partial charge in [0.15, 0.2) is 0 Å². The molecule has 0 aliphatic carbocycles. The predicted molar refractivity (Wildman–Crippen MR) is 76.5 cm³/mol. The first-order valence-corrected chi connectivity index (χ1v) is 6.68. The molecule has 6 nitrogen and oxygen atoms in total. The standard InChI is InChI=1S/C14H20N4O2/c1-9-4-12(16-6-9)13(19)17-11-5-10(7-15-8-11)14(20)18(2)3/h5,7-9,12,16H,4,6H2,1-3H3,(H,17,19). The first-order chi connectivity index (χ1) is 9.47. The molecule has 1 saturated heterocycles. The van der Waals surface area contributed by atoms with Crippen molar-refractivity contribution in [2.45, 2.75) is 19.4 Å². The topological polar surface area (TPSA) is 74.3 Å². The molecule has 0 aromatic carbocycles. The summed E-state index contributed by atoms with van der Waals surface area (Å²) in [7, 11) is 3.36. The summed E-state index contributed by atoms with van der Waals surface area (Å²) in [4.78, 5) is 29.4. The van der Waals surface area contributed by atoms with Crippen LogP contribution in [0, 0.1) is 5.92 Å². The number of rotatable bonds is 3. The molecule has 2 rings (SSSR count). The predicted octanol–water partition coefficient (Wildman–Crippen LogP) is 0.720. The zero-order chi connectivity index (χ0) is 14.7. The van der Waals surface area contributed by atoms with Crippen LogP contribution in [0.4, 0.5) is 5.69 Å². The monoisotopic (exact) mass is 276 g/mol. The number of hydrogen-bond donors (Lipinski definition) is 2. The van der Waals surface area contributed by atoms with Crippen LogP contribution in [0.2, 0.25) is 0 Å². The van der Waals surface area contributed by atoms with Gasteiger partial charge < -0.3 is 15.5 Å². The third-order valence-corrected chi connectivity index (χ3v) is 3.33. The van der Waals surface area contributed by atoms with Gasteiger partial charge in [-0.3, -0.25) is 14.6 Å². The summed E-state index contributed by atoms with van der Waals surface area (Å²) in [6.45, 7) is 2.97. The molecule has 0 spiro atoms. The molecule has 1 fully saturated rings. The molecule has 2 atom stereocenters. The highest BCUT2D eigenvalue weighted by atomic mass is 16.2. The first-order valence-electron chi connectivity index (χ1n) is 6.68. The lowest BCUT2D eigenvalue weighted by Gasteiger charge is -2.13. The van der Waals surface area contributed by atoms with E-state index in [1.54, 1.807) is 26.4 Å². The fourth-order valence-electron chi connectivity index (χ4n) is 2.23. The number of pyridine rings is 1. The van der Waals surface area contributed by atoms with Crippen molar-refractivity contribution in [3.63, 3.8) is 0 Å². The number of aromatic nitrogens is 1. The van der Waals surface area contributed by atoms with Gasteiger partial charge in [-0.15, -0.1) is 0 Å². The van der Waals surface area contributed by atoms with Gasteiger partial charge in [-0.25, -0.2) is 0 Å². The molecule has 2 amide bonds. The minimum Gasteiger partial charge on any atom is -0.345 e. The minimum absolute atomic E-state index is 0.0781. The van der Waals surface area contributed by atoms with Crippen molar-refractivity contribution in [1.29, 1.82) is 0 Å². The van der Waals surface area contributed by atoms with Gasteiger partial charge in [-0.2, -0.15) is 0 Å². The van der Waals surface area contributed by atoms with Crippen LogP contribution in [0.3, 0.4) is 0 Å². The second-order valence-corrected chi connectivity index (χ2v) is 5.45. The van der Waals surface area contributed by atoms with Crippen molar-refractivity contribution in [1.82, 2.24) is 15.2 Å². The van der Waals surface area contributed by atoms with Gasteiger partial charge in [0.25, 0.3) is 5.91 Å². The van der Waals surface area contributed by atoms with E-state index in [0.29, 0.717) is 17.2 Å². The zero-order valence-electron chi connectivity index (χ0n) is 12.0. The second kappa shape index (κ2) is 6.00. The second-order valence-electron chi connectivity index (χ2n) is 5.45. The number of carbonyl (C=O) groups excluding carboxylic acids is 2. The molecule has 6 heteroatoms. The van der Waals surface area contributed by atoms with Crippen LogP contribution in [0.15, 0.2) is 18.5 Å². The van der Waals surface area contributed by atoms with Crippen molar-refractivity contribution in [2.75, 3.05) is 26.0 Å². The Balaban J connectivity index is 2.04. The van der Waals surface area contributed by atoms with Crippen LogP contribution in [0.5, 0.6) is 0 Å². The van der Waals surface area contributed by atoms with Crippen molar-refractivity contribution in [3.8, 4) is 0 Å². The lowest BCUT2D eigenvalue weighted by molar-refractivity contribution is -0.117. The Labute approximate surface area is 118 Å². The van der Waals surface area contributed by atoms with Crippen molar-refractivity contribution < 1.29 is 9.59 Å². The molecular weight excluding hydrogens is 256 g/mol. The molecule has 1 aromatic rings. The maximum Gasteiger partial charge on any atom is 0.254 e. The van der Waals surface area contributed by atoms with Crippen LogP contribution < -0.4 is 10.6 Å². The summed E-state index contributed by atoms with van der Waals surface area (Å²) in [5, 5.41) is 5.98. The van der Waals surface area contributed by atoms with Crippen molar-refractivity contribution in [2.24, 2.45) is 5.92 Å². The van der Waals surface area contributed by atoms with E-state index in [2.05, 4.69) is 22.5 Å². The molecule has 1 aliphatic rings. The maximum absolute atomic E-state index is 12.1. The molecule has 0 bridgehead atoms. The number of hydrogen-bond acceptors (Lipinski definition) is 4. The summed E-state index contributed by atoms with van der Waals surface area (Å²) in [5.41, 5.74) is 1.00. The highest BCUT2D eigenvalue weighted by Crippen LogP contribution is 2.15. The molecule has 1 aromatic heterocycles. The van der Waals surface area contributed by atoms with E-state index in [-0.39, 0.29) is 17.9 Å². The minimum atomic E-state index is -0.168. The van der Waals surface area contributed by atoms with Gasteiger partial charge in [0.05, 0.1) is 23.5 Å². The maximum atomic E-state index is 12.1. The third-order valence-electron chi connectivity index (χ3n) is 3.33. The van der Waals surface area contributed by atoms with E-state index < -0.39 is 0 Å². The fourth-order valence-corrected chi connectivity index (χ4v) is 2.23. The summed E-state index contributed by atoms with van der Waals surface area (Å²) in [5.74, 6) is 0.289. The first kappa shape index (κ1) is 14.5. The molecule has 0 radical (unpaired) electrons. The zero-order valence-corrected chi connectivity index (χ0v) is 12.0. The van der Waals surface area contributed by atoms with E-state index in [1.165, 1.54) is 11.1 Å². The Morgan fingerprint density at radius 1 is 1.40 bits per heavy atom. The highest BCUT2D eigenvalue weighted by Gasteiger charge is 2.26. The van der Waals surface area contributed by atoms with E-state index >= 15 is 0 Å².